The molecule has 0 saturated carbocycles. The number of hydrogen-bond donors (Lipinski definition) is 1. The largest absolute Gasteiger partial charge is 0.461 e. The monoisotopic (exact) mass is 396 g/mol. The number of nitrogens with zero attached hydrogens (tertiary/aromatic N) is 1. The summed E-state index contributed by atoms with van der Waals surface area (Å²) < 4.78 is 5.94. The first kappa shape index (κ1) is 15.4. The van der Waals surface area contributed by atoms with E-state index in [2.05, 4.69) is 32.9 Å². The Labute approximate surface area is 135 Å². The molecule has 0 radical (unpaired) electrons. The second-order valence-corrected chi connectivity index (χ2v) is 5.34. The minimum Gasteiger partial charge on any atom is -0.461 e. The average molecular weight is 396 g/mol. The molecule has 2 rings (SSSR count). The number of nitrogens with one attached hydrogen (secondary N) is 1. The van der Waals surface area contributed by atoms with E-state index in [1.54, 1.807) is 31.2 Å². The molecule has 0 fully saturated rings. The maximum Gasteiger partial charge on any atom is 0.356 e. The molecule has 21 heavy (non-hydrogen) atoms. The van der Waals surface area contributed by atoms with Gasteiger partial charge in [0.2, 0.25) is 0 Å². The fourth-order valence-corrected chi connectivity index (χ4v) is 1.97. The molecule has 6 heteroatoms. The van der Waals surface area contributed by atoms with E-state index in [-0.39, 0.29) is 23.9 Å². The maximum absolute atomic E-state index is 12.1. The minimum absolute atomic E-state index is 0.118. The third kappa shape index (κ3) is 4.25. The summed E-state index contributed by atoms with van der Waals surface area (Å²) in [4.78, 5) is 27.7. The SMILES string of the molecule is CCOC(=O)c1cccc(C(=O)Nc2ccc(I)cc2)n1. The molecule has 0 unspecified atom stereocenters. The van der Waals surface area contributed by atoms with Crippen molar-refractivity contribution in [3.63, 3.8) is 0 Å². The fraction of sp³-hybridized carbons (Fsp3) is 0.133. The molecule has 0 aliphatic rings. The second-order valence-electron chi connectivity index (χ2n) is 4.09. The third-order valence-electron chi connectivity index (χ3n) is 2.57. The van der Waals surface area contributed by atoms with E-state index in [0.717, 1.165) is 3.57 Å². The Kier molecular flexibility index (Phi) is 5.26. The van der Waals surface area contributed by atoms with Crippen molar-refractivity contribution in [1.82, 2.24) is 4.98 Å². The number of esters is 1. The fourth-order valence-electron chi connectivity index (χ4n) is 1.61. The number of halogens is 1. The van der Waals surface area contributed by atoms with E-state index in [0.29, 0.717) is 5.69 Å². The van der Waals surface area contributed by atoms with Crippen molar-refractivity contribution in [3.8, 4) is 0 Å². The highest BCUT2D eigenvalue weighted by atomic mass is 127. The number of carbonyl (C=O) groups is 2. The predicted molar refractivity (Wildman–Crippen MR) is 87.3 cm³/mol. The van der Waals surface area contributed by atoms with Crippen LogP contribution in [-0.4, -0.2) is 23.5 Å². The molecule has 0 saturated heterocycles. The number of pyridine rings is 1. The molecule has 1 aromatic carbocycles. The number of rotatable bonds is 4. The molecule has 0 aliphatic carbocycles. The lowest BCUT2D eigenvalue weighted by atomic mass is 10.2. The van der Waals surface area contributed by atoms with Crippen LogP contribution in [0.3, 0.4) is 0 Å². The Hall–Kier alpha value is -1.96. The molecule has 0 bridgehead atoms. The van der Waals surface area contributed by atoms with Crippen LogP contribution in [-0.2, 0) is 4.74 Å². The first-order chi connectivity index (χ1) is 10.1. The van der Waals surface area contributed by atoms with Gasteiger partial charge in [-0.15, -0.1) is 0 Å². The highest BCUT2D eigenvalue weighted by Crippen LogP contribution is 2.12. The number of anilines is 1. The van der Waals surface area contributed by atoms with E-state index < -0.39 is 5.97 Å². The summed E-state index contributed by atoms with van der Waals surface area (Å²) in [6, 6.07) is 12.0. The summed E-state index contributed by atoms with van der Waals surface area (Å²) in [6.07, 6.45) is 0. The van der Waals surface area contributed by atoms with Crippen LogP contribution in [0.15, 0.2) is 42.5 Å². The highest BCUT2D eigenvalue weighted by molar-refractivity contribution is 14.1. The van der Waals surface area contributed by atoms with Crippen LogP contribution in [0, 0.1) is 3.57 Å². The van der Waals surface area contributed by atoms with Crippen molar-refractivity contribution in [1.29, 1.82) is 0 Å². The van der Waals surface area contributed by atoms with Gasteiger partial charge in [-0.05, 0) is 65.9 Å². The minimum atomic E-state index is -0.540. The van der Waals surface area contributed by atoms with Crippen molar-refractivity contribution in [2.24, 2.45) is 0 Å². The Morgan fingerprint density at radius 3 is 2.48 bits per heavy atom. The van der Waals surface area contributed by atoms with E-state index in [9.17, 15) is 9.59 Å². The van der Waals surface area contributed by atoms with Gasteiger partial charge in [-0.25, -0.2) is 9.78 Å². The molecular formula is C15H13IN2O3. The number of carbonyl (C=O) groups excluding carboxylic acids is 2. The zero-order valence-corrected chi connectivity index (χ0v) is 13.5. The van der Waals surface area contributed by atoms with Crippen LogP contribution in [0.25, 0.3) is 0 Å². The highest BCUT2D eigenvalue weighted by Gasteiger charge is 2.13. The topological polar surface area (TPSA) is 68.3 Å². The Bertz CT molecular complexity index is 656. The molecule has 0 aliphatic heterocycles. The predicted octanol–water partition coefficient (Wildman–Crippen LogP) is 3.12. The molecule has 2 aromatic rings. The molecule has 1 N–H and O–H groups in total. The summed E-state index contributed by atoms with van der Waals surface area (Å²) >= 11 is 2.18. The van der Waals surface area contributed by atoms with Crippen LogP contribution in [0.2, 0.25) is 0 Å². The molecule has 1 amide bonds. The summed E-state index contributed by atoms with van der Waals surface area (Å²) in [7, 11) is 0. The van der Waals surface area contributed by atoms with Crippen LogP contribution >= 0.6 is 22.6 Å². The summed E-state index contributed by atoms with van der Waals surface area (Å²) in [6.45, 7) is 1.98. The molecule has 1 aromatic heterocycles. The van der Waals surface area contributed by atoms with Crippen molar-refractivity contribution in [2.45, 2.75) is 6.92 Å². The molecular weight excluding hydrogens is 383 g/mol. The van der Waals surface area contributed by atoms with Gasteiger partial charge in [0, 0.05) is 9.26 Å². The van der Waals surface area contributed by atoms with Gasteiger partial charge in [-0.3, -0.25) is 4.79 Å². The van der Waals surface area contributed by atoms with E-state index in [1.165, 1.54) is 6.07 Å². The summed E-state index contributed by atoms with van der Waals surface area (Å²) in [5, 5.41) is 2.73. The third-order valence-corrected chi connectivity index (χ3v) is 3.29. The van der Waals surface area contributed by atoms with Gasteiger partial charge in [0.15, 0.2) is 0 Å². The standard InChI is InChI=1S/C15H13IN2O3/c1-2-21-15(20)13-5-3-4-12(18-13)14(19)17-11-8-6-10(16)7-9-11/h3-9H,2H2,1H3,(H,17,19). The first-order valence-corrected chi connectivity index (χ1v) is 7.39. The van der Waals surface area contributed by atoms with Crippen LogP contribution < -0.4 is 5.32 Å². The first-order valence-electron chi connectivity index (χ1n) is 6.31. The second kappa shape index (κ2) is 7.16. The van der Waals surface area contributed by atoms with Crippen molar-refractivity contribution in [3.05, 3.63) is 57.4 Å². The van der Waals surface area contributed by atoms with Crippen LogP contribution in [0.5, 0.6) is 0 Å². The van der Waals surface area contributed by atoms with Gasteiger partial charge in [0.1, 0.15) is 11.4 Å². The number of benzene rings is 1. The average Bonchev–Trinajstić information content (AvgIpc) is 2.50. The van der Waals surface area contributed by atoms with Crippen LogP contribution in [0.1, 0.15) is 27.9 Å². The molecule has 0 atom stereocenters. The Morgan fingerprint density at radius 2 is 1.81 bits per heavy atom. The van der Waals surface area contributed by atoms with Gasteiger partial charge < -0.3 is 10.1 Å². The van der Waals surface area contributed by atoms with Crippen molar-refractivity contribution >= 4 is 40.2 Å². The zero-order chi connectivity index (χ0) is 15.2. The number of hydrogen-bond acceptors (Lipinski definition) is 4. The van der Waals surface area contributed by atoms with E-state index in [1.807, 2.05) is 12.1 Å². The Balaban J connectivity index is 2.14. The van der Waals surface area contributed by atoms with Gasteiger partial charge >= 0.3 is 5.97 Å². The molecule has 5 nitrogen and oxygen atoms in total. The van der Waals surface area contributed by atoms with E-state index in [4.69, 9.17) is 4.74 Å². The zero-order valence-electron chi connectivity index (χ0n) is 11.3. The van der Waals surface area contributed by atoms with Gasteiger partial charge in [-0.1, -0.05) is 6.07 Å². The smallest absolute Gasteiger partial charge is 0.356 e. The lowest BCUT2D eigenvalue weighted by Crippen LogP contribution is -2.16. The normalized spacial score (nSPS) is 10.0. The molecule has 108 valence electrons. The quantitative estimate of drug-likeness (QED) is 0.637. The van der Waals surface area contributed by atoms with Gasteiger partial charge in [0.25, 0.3) is 5.91 Å². The Morgan fingerprint density at radius 1 is 1.14 bits per heavy atom. The lowest BCUT2D eigenvalue weighted by Gasteiger charge is -2.06. The summed E-state index contributed by atoms with van der Waals surface area (Å²) in [5.41, 5.74) is 0.954. The number of amides is 1. The summed E-state index contributed by atoms with van der Waals surface area (Å²) in [5.74, 6) is -0.913. The molecule has 1 heterocycles. The van der Waals surface area contributed by atoms with Crippen LogP contribution in [0.4, 0.5) is 5.69 Å². The van der Waals surface area contributed by atoms with Crippen molar-refractivity contribution < 1.29 is 14.3 Å². The van der Waals surface area contributed by atoms with Gasteiger partial charge in [0.05, 0.1) is 6.61 Å². The lowest BCUT2D eigenvalue weighted by molar-refractivity contribution is 0.0519. The van der Waals surface area contributed by atoms with Crippen molar-refractivity contribution in [2.75, 3.05) is 11.9 Å². The number of ether oxygens (including phenoxy) is 1. The number of aromatic nitrogens is 1. The maximum atomic E-state index is 12.1. The van der Waals surface area contributed by atoms with E-state index >= 15 is 0 Å². The van der Waals surface area contributed by atoms with Gasteiger partial charge in [-0.2, -0.15) is 0 Å². The molecule has 0 spiro atoms.